The van der Waals surface area contributed by atoms with Crippen molar-refractivity contribution in [2.45, 2.75) is 20.4 Å². The van der Waals surface area contributed by atoms with E-state index in [9.17, 15) is 9.59 Å². The largest absolute Gasteiger partial charge is 0.461 e. The Morgan fingerprint density at radius 2 is 2.33 bits per heavy atom. The number of hydrogen-bond donors (Lipinski definition) is 2. The van der Waals surface area contributed by atoms with Gasteiger partial charge in [0.15, 0.2) is 5.69 Å². The van der Waals surface area contributed by atoms with Gasteiger partial charge in [-0.25, -0.2) is 4.79 Å². The van der Waals surface area contributed by atoms with Crippen LogP contribution in [0.5, 0.6) is 0 Å². The number of amides is 1. The SMILES string of the molecule is CCOC(=O)c1cc(CNC(C)=O)[nH]n1. The van der Waals surface area contributed by atoms with Gasteiger partial charge in [0.2, 0.25) is 5.91 Å². The molecule has 0 saturated carbocycles. The summed E-state index contributed by atoms with van der Waals surface area (Å²) in [5, 5.41) is 8.98. The minimum atomic E-state index is -0.470. The minimum absolute atomic E-state index is 0.137. The number of carbonyl (C=O) groups excluding carboxylic acids is 2. The normalized spacial score (nSPS) is 9.73. The van der Waals surface area contributed by atoms with Gasteiger partial charge in [-0.2, -0.15) is 5.10 Å². The molecule has 1 amide bonds. The lowest BCUT2D eigenvalue weighted by Gasteiger charge is -1.97. The van der Waals surface area contributed by atoms with Gasteiger partial charge in [-0.1, -0.05) is 0 Å². The molecular weight excluding hydrogens is 198 g/mol. The first kappa shape index (κ1) is 11.2. The second-order valence-corrected chi connectivity index (χ2v) is 2.91. The topological polar surface area (TPSA) is 84.1 Å². The van der Waals surface area contributed by atoms with Crippen molar-refractivity contribution >= 4 is 11.9 Å². The molecule has 1 aromatic heterocycles. The molecule has 1 aromatic rings. The van der Waals surface area contributed by atoms with Gasteiger partial charge in [0.05, 0.1) is 18.8 Å². The minimum Gasteiger partial charge on any atom is -0.461 e. The van der Waals surface area contributed by atoms with E-state index in [1.54, 1.807) is 13.0 Å². The van der Waals surface area contributed by atoms with Crippen LogP contribution in [0.2, 0.25) is 0 Å². The maximum absolute atomic E-state index is 11.2. The van der Waals surface area contributed by atoms with E-state index in [1.165, 1.54) is 6.92 Å². The van der Waals surface area contributed by atoms with E-state index in [1.807, 2.05) is 0 Å². The number of H-pyrrole nitrogens is 1. The van der Waals surface area contributed by atoms with Gasteiger partial charge in [0, 0.05) is 6.92 Å². The fourth-order valence-corrected chi connectivity index (χ4v) is 0.981. The quantitative estimate of drug-likeness (QED) is 0.698. The zero-order chi connectivity index (χ0) is 11.3. The molecule has 0 spiro atoms. The number of aromatic amines is 1. The van der Waals surface area contributed by atoms with Crippen LogP contribution in [0.1, 0.15) is 30.0 Å². The fourth-order valence-electron chi connectivity index (χ4n) is 0.981. The van der Waals surface area contributed by atoms with E-state index in [4.69, 9.17) is 4.74 Å². The van der Waals surface area contributed by atoms with Crippen LogP contribution in [0.25, 0.3) is 0 Å². The summed E-state index contributed by atoms with van der Waals surface area (Å²) in [6.45, 7) is 3.78. The number of rotatable bonds is 4. The molecule has 1 heterocycles. The van der Waals surface area contributed by atoms with Crippen molar-refractivity contribution in [3.05, 3.63) is 17.5 Å². The van der Waals surface area contributed by atoms with E-state index in [0.29, 0.717) is 18.8 Å². The molecule has 0 unspecified atom stereocenters. The van der Waals surface area contributed by atoms with Crippen LogP contribution in [-0.2, 0) is 16.1 Å². The smallest absolute Gasteiger partial charge is 0.358 e. The highest BCUT2D eigenvalue weighted by atomic mass is 16.5. The molecule has 6 heteroatoms. The fraction of sp³-hybridized carbons (Fsp3) is 0.444. The van der Waals surface area contributed by atoms with Crippen LogP contribution in [-0.4, -0.2) is 28.7 Å². The monoisotopic (exact) mass is 211 g/mol. The zero-order valence-electron chi connectivity index (χ0n) is 8.66. The van der Waals surface area contributed by atoms with Gasteiger partial charge in [0.1, 0.15) is 0 Å². The second-order valence-electron chi connectivity index (χ2n) is 2.91. The highest BCUT2D eigenvalue weighted by molar-refractivity contribution is 5.87. The number of carbonyl (C=O) groups is 2. The Hall–Kier alpha value is -1.85. The first-order valence-electron chi connectivity index (χ1n) is 4.59. The summed E-state index contributed by atoms with van der Waals surface area (Å²) in [5.74, 6) is -0.606. The summed E-state index contributed by atoms with van der Waals surface area (Å²) < 4.78 is 4.76. The van der Waals surface area contributed by atoms with Crippen LogP contribution in [0, 0.1) is 0 Å². The van der Waals surface area contributed by atoms with E-state index in [0.717, 1.165) is 0 Å². The van der Waals surface area contributed by atoms with Crippen LogP contribution in [0.3, 0.4) is 0 Å². The van der Waals surface area contributed by atoms with E-state index in [2.05, 4.69) is 15.5 Å². The molecule has 0 aromatic carbocycles. The molecule has 0 saturated heterocycles. The third-order valence-electron chi connectivity index (χ3n) is 1.64. The molecule has 0 atom stereocenters. The average Bonchev–Trinajstić information content (AvgIpc) is 2.63. The van der Waals surface area contributed by atoms with Crippen molar-refractivity contribution in [2.75, 3.05) is 6.61 Å². The molecule has 0 aliphatic carbocycles. The number of nitrogens with one attached hydrogen (secondary N) is 2. The van der Waals surface area contributed by atoms with Crippen molar-refractivity contribution in [3.8, 4) is 0 Å². The first-order valence-corrected chi connectivity index (χ1v) is 4.59. The number of nitrogens with zero attached hydrogens (tertiary/aromatic N) is 1. The van der Waals surface area contributed by atoms with Crippen LogP contribution in [0.4, 0.5) is 0 Å². The third-order valence-corrected chi connectivity index (χ3v) is 1.64. The molecule has 0 aliphatic heterocycles. The Labute approximate surface area is 87.0 Å². The van der Waals surface area contributed by atoms with E-state index in [-0.39, 0.29) is 11.6 Å². The molecule has 0 aliphatic rings. The van der Waals surface area contributed by atoms with Crippen LogP contribution >= 0.6 is 0 Å². The van der Waals surface area contributed by atoms with Crippen LogP contribution < -0.4 is 5.32 Å². The van der Waals surface area contributed by atoms with Crippen LogP contribution in [0.15, 0.2) is 6.07 Å². The summed E-state index contributed by atoms with van der Waals surface area (Å²) in [5.41, 5.74) is 0.880. The van der Waals surface area contributed by atoms with Crippen molar-refractivity contribution in [3.63, 3.8) is 0 Å². The van der Waals surface area contributed by atoms with Gasteiger partial charge in [-0.05, 0) is 13.0 Å². The summed E-state index contributed by atoms with van der Waals surface area (Å²) in [6.07, 6.45) is 0. The molecule has 2 N–H and O–H groups in total. The Kier molecular flexibility index (Phi) is 3.84. The molecule has 6 nitrogen and oxygen atoms in total. The Morgan fingerprint density at radius 3 is 2.93 bits per heavy atom. The predicted molar refractivity (Wildman–Crippen MR) is 52.1 cm³/mol. The van der Waals surface area contributed by atoms with Gasteiger partial charge < -0.3 is 10.1 Å². The summed E-state index contributed by atoms with van der Waals surface area (Å²) in [7, 11) is 0. The lowest BCUT2D eigenvalue weighted by atomic mass is 10.3. The average molecular weight is 211 g/mol. The number of hydrogen-bond acceptors (Lipinski definition) is 4. The third kappa shape index (κ3) is 3.41. The van der Waals surface area contributed by atoms with E-state index >= 15 is 0 Å². The number of esters is 1. The van der Waals surface area contributed by atoms with Crippen molar-refractivity contribution in [2.24, 2.45) is 0 Å². The predicted octanol–water partition coefficient (Wildman–Crippen LogP) is 0.222. The van der Waals surface area contributed by atoms with Gasteiger partial charge in [-0.15, -0.1) is 0 Å². The highest BCUT2D eigenvalue weighted by Gasteiger charge is 2.10. The molecule has 15 heavy (non-hydrogen) atoms. The second kappa shape index (κ2) is 5.14. The maximum atomic E-state index is 11.2. The number of ether oxygens (including phenoxy) is 1. The van der Waals surface area contributed by atoms with Gasteiger partial charge >= 0.3 is 5.97 Å². The molecule has 1 rings (SSSR count). The highest BCUT2D eigenvalue weighted by Crippen LogP contribution is 2.01. The van der Waals surface area contributed by atoms with Crippen molar-refractivity contribution in [1.29, 1.82) is 0 Å². The summed E-state index contributed by atoms with van der Waals surface area (Å²) >= 11 is 0. The summed E-state index contributed by atoms with van der Waals surface area (Å²) in [4.78, 5) is 21.8. The Morgan fingerprint density at radius 1 is 1.60 bits per heavy atom. The van der Waals surface area contributed by atoms with Crippen molar-refractivity contribution in [1.82, 2.24) is 15.5 Å². The van der Waals surface area contributed by atoms with Crippen molar-refractivity contribution < 1.29 is 14.3 Å². The molecule has 0 bridgehead atoms. The lowest BCUT2D eigenvalue weighted by Crippen LogP contribution is -2.19. The first-order chi connectivity index (χ1) is 7.13. The van der Waals surface area contributed by atoms with Gasteiger partial charge in [-0.3, -0.25) is 9.89 Å². The standard InChI is InChI=1S/C9H13N3O3/c1-3-15-9(14)8-4-7(11-12-8)5-10-6(2)13/h4H,3,5H2,1-2H3,(H,10,13)(H,11,12). The Bertz CT molecular complexity index is 359. The number of aromatic nitrogens is 2. The molecule has 0 fully saturated rings. The Balaban J connectivity index is 2.56. The summed E-state index contributed by atoms with van der Waals surface area (Å²) in [6, 6.07) is 1.55. The lowest BCUT2D eigenvalue weighted by molar-refractivity contribution is -0.119. The maximum Gasteiger partial charge on any atom is 0.358 e. The molecular formula is C9H13N3O3. The van der Waals surface area contributed by atoms with E-state index < -0.39 is 5.97 Å². The zero-order valence-corrected chi connectivity index (χ0v) is 8.66. The molecule has 82 valence electrons. The van der Waals surface area contributed by atoms with Gasteiger partial charge in [0.25, 0.3) is 0 Å². The molecule has 0 radical (unpaired) electrons.